The molecule has 0 N–H and O–H groups in total. The summed E-state index contributed by atoms with van der Waals surface area (Å²) >= 11 is 0. The molecule has 0 saturated carbocycles. The molecule has 0 atom stereocenters. The van der Waals surface area contributed by atoms with Crippen molar-refractivity contribution in [2.75, 3.05) is 13.1 Å². The standard InChI is InChI=1S/C25H30N4O2/c1-19-15-24(28(2)27-19)25(30)29-13-9-21(10-14-29)16-20-3-5-22(6-4-20)17-31-18-23-7-11-26-12-8-23/h3-8,11-12,15,21H,9-10,13-14,16-18H2,1-2H3. The lowest BCUT2D eigenvalue weighted by atomic mass is 9.90. The Morgan fingerprint density at radius 1 is 1.00 bits per heavy atom. The van der Waals surface area contributed by atoms with Crippen molar-refractivity contribution >= 4 is 5.91 Å². The molecule has 0 unspecified atom stereocenters. The fourth-order valence-electron chi connectivity index (χ4n) is 4.18. The number of carbonyl (C=O) groups is 1. The molecule has 1 aromatic carbocycles. The second-order valence-electron chi connectivity index (χ2n) is 8.40. The van der Waals surface area contributed by atoms with Gasteiger partial charge in [-0.2, -0.15) is 5.10 Å². The molecule has 162 valence electrons. The van der Waals surface area contributed by atoms with Gasteiger partial charge in [-0.25, -0.2) is 0 Å². The zero-order valence-electron chi connectivity index (χ0n) is 18.3. The van der Waals surface area contributed by atoms with E-state index >= 15 is 0 Å². The van der Waals surface area contributed by atoms with Gasteiger partial charge in [0.2, 0.25) is 0 Å². The van der Waals surface area contributed by atoms with Crippen LogP contribution in [0.2, 0.25) is 0 Å². The summed E-state index contributed by atoms with van der Waals surface area (Å²) in [4.78, 5) is 18.8. The van der Waals surface area contributed by atoms with Crippen molar-refractivity contribution in [1.29, 1.82) is 0 Å². The summed E-state index contributed by atoms with van der Waals surface area (Å²) in [6.45, 7) is 4.75. The van der Waals surface area contributed by atoms with E-state index in [0.717, 1.165) is 43.6 Å². The highest BCUT2D eigenvalue weighted by molar-refractivity contribution is 5.92. The fourth-order valence-corrected chi connectivity index (χ4v) is 4.18. The molecule has 3 heterocycles. The number of rotatable bonds is 7. The van der Waals surface area contributed by atoms with Crippen LogP contribution in [0.3, 0.4) is 0 Å². The van der Waals surface area contributed by atoms with Crippen LogP contribution in [0.5, 0.6) is 0 Å². The molecule has 3 aromatic rings. The molecule has 1 fully saturated rings. The lowest BCUT2D eigenvalue weighted by Gasteiger charge is -2.32. The zero-order valence-corrected chi connectivity index (χ0v) is 18.3. The molecule has 1 aliphatic heterocycles. The maximum absolute atomic E-state index is 12.8. The summed E-state index contributed by atoms with van der Waals surface area (Å²) in [5, 5.41) is 4.30. The summed E-state index contributed by atoms with van der Waals surface area (Å²) in [5.41, 5.74) is 5.23. The van der Waals surface area contributed by atoms with Crippen molar-refractivity contribution in [2.45, 2.75) is 39.4 Å². The van der Waals surface area contributed by atoms with Crippen LogP contribution in [0, 0.1) is 12.8 Å². The number of hydrogen-bond acceptors (Lipinski definition) is 4. The average molecular weight is 419 g/mol. The fraction of sp³-hybridized carbons (Fsp3) is 0.400. The second kappa shape index (κ2) is 9.88. The highest BCUT2D eigenvalue weighted by Gasteiger charge is 2.25. The molecule has 6 nitrogen and oxygen atoms in total. The minimum atomic E-state index is 0.0951. The highest BCUT2D eigenvalue weighted by atomic mass is 16.5. The van der Waals surface area contributed by atoms with Crippen LogP contribution in [-0.2, 0) is 31.4 Å². The molecule has 4 rings (SSSR count). The van der Waals surface area contributed by atoms with Gasteiger partial charge in [0.25, 0.3) is 5.91 Å². The molecule has 31 heavy (non-hydrogen) atoms. The Labute approximate surface area is 183 Å². The molecular formula is C25H30N4O2. The first-order chi connectivity index (χ1) is 15.1. The van der Waals surface area contributed by atoms with Gasteiger partial charge in [0.15, 0.2) is 0 Å². The molecule has 0 radical (unpaired) electrons. The lowest BCUT2D eigenvalue weighted by molar-refractivity contribution is 0.0679. The topological polar surface area (TPSA) is 60.3 Å². The predicted molar refractivity (Wildman–Crippen MR) is 119 cm³/mol. The molecule has 6 heteroatoms. The van der Waals surface area contributed by atoms with Crippen LogP contribution >= 0.6 is 0 Å². The van der Waals surface area contributed by atoms with Gasteiger partial charge >= 0.3 is 0 Å². The first kappa shape index (κ1) is 21.2. The molecule has 1 aliphatic rings. The number of carbonyl (C=O) groups excluding carboxylic acids is 1. The van der Waals surface area contributed by atoms with E-state index in [1.54, 1.807) is 17.1 Å². The van der Waals surface area contributed by atoms with E-state index in [2.05, 4.69) is 34.3 Å². The van der Waals surface area contributed by atoms with Gasteiger partial charge < -0.3 is 9.64 Å². The summed E-state index contributed by atoms with van der Waals surface area (Å²) < 4.78 is 7.49. The third-order valence-corrected chi connectivity index (χ3v) is 5.96. The Balaban J connectivity index is 1.22. The van der Waals surface area contributed by atoms with E-state index in [4.69, 9.17) is 4.74 Å². The van der Waals surface area contributed by atoms with Crippen molar-refractivity contribution < 1.29 is 9.53 Å². The van der Waals surface area contributed by atoms with Gasteiger partial charge in [-0.15, -0.1) is 0 Å². The summed E-state index contributed by atoms with van der Waals surface area (Å²) in [7, 11) is 1.83. The van der Waals surface area contributed by atoms with Gasteiger partial charge in [0, 0.05) is 32.5 Å². The van der Waals surface area contributed by atoms with Crippen molar-refractivity contribution in [3.63, 3.8) is 0 Å². The Kier molecular flexibility index (Phi) is 6.77. The largest absolute Gasteiger partial charge is 0.372 e. The van der Waals surface area contributed by atoms with Crippen LogP contribution in [0.15, 0.2) is 54.9 Å². The number of benzene rings is 1. The third kappa shape index (κ3) is 5.58. The molecule has 0 spiro atoms. The van der Waals surface area contributed by atoms with E-state index in [0.29, 0.717) is 24.8 Å². The molecule has 1 saturated heterocycles. The Hall–Kier alpha value is -2.99. The van der Waals surface area contributed by atoms with Gasteiger partial charge in [-0.1, -0.05) is 24.3 Å². The number of pyridine rings is 1. The molecular weight excluding hydrogens is 388 g/mol. The lowest BCUT2D eigenvalue weighted by Crippen LogP contribution is -2.39. The minimum absolute atomic E-state index is 0.0951. The van der Waals surface area contributed by atoms with Gasteiger partial charge in [0.1, 0.15) is 5.69 Å². The first-order valence-electron chi connectivity index (χ1n) is 10.9. The number of amides is 1. The van der Waals surface area contributed by atoms with Crippen molar-refractivity contribution in [3.05, 3.63) is 82.9 Å². The van der Waals surface area contributed by atoms with Crippen molar-refractivity contribution in [2.24, 2.45) is 13.0 Å². The number of nitrogens with zero attached hydrogens (tertiary/aromatic N) is 4. The summed E-state index contributed by atoms with van der Waals surface area (Å²) in [6.07, 6.45) is 6.71. The van der Waals surface area contributed by atoms with Crippen LogP contribution in [-0.4, -0.2) is 38.7 Å². The number of aromatic nitrogens is 3. The van der Waals surface area contributed by atoms with E-state index < -0.39 is 0 Å². The second-order valence-corrected chi connectivity index (χ2v) is 8.40. The Bertz CT molecular complexity index is 990. The average Bonchev–Trinajstić information content (AvgIpc) is 3.13. The summed E-state index contributed by atoms with van der Waals surface area (Å²) in [5.74, 6) is 0.712. The van der Waals surface area contributed by atoms with E-state index in [9.17, 15) is 4.79 Å². The smallest absolute Gasteiger partial charge is 0.272 e. The third-order valence-electron chi connectivity index (χ3n) is 5.96. The number of aryl methyl sites for hydroxylation is 2. The molecule has 0 bridgehead atoms. The van der Waals surface area contributed by atoms with E-state index in [-0.39, 0.29) is 5.91 Å². The monoisotopic (exact) mass is 418 g/mol. The normalized spacial score (nSPS) is 14.7. The van der Waals surface area contributed by atoms with E-state index in [1.807, 2.05) is 37.1 Å². The Morgan fingerprint density at radius 2 is 1.61 bits per heavy atom. The van der Waals surface area contributed by atoms with Crippen molar-refractivity contribution in [3.8, 4) is 0 Å². The van der Waals surface area contributed by atoms with Crippen LogP contribution < -0.4 is 0 Å². The zero-order chi connectivity index (χ0) is 21.6. The van der Waals surface area contributed by atoms with Gasteiger partial charge in [-0.3, -0.25) is 14.5 Å². The quantitative estimate of drug-likeness (QED) is 0.583. The Morgan fingerprint density at radius 3 is 2.23 bits per heavy atom. The van der Waals surface area contributed by atoms with Gasteiger partial charge in [0.05, 0.1) is 18.9 Å². The van der Waals surface area contributed by atoms with Crippen LogP contribution in [0.25, 0.3) is 0 Å². The number of ether oxygens (including phenoxy) is 1. The SMILES string of the molecule is Cc1cc(C(=O)N2CCC(Cc3ccc(COCc4ccncc4)cc3)CC2)n(C)n1. The molecule has 0 aliphatic carbocycles. The predicted octanol–water partition coefficient (Wildman–Crippen LogP) is 3.94. The van der Waals surface area contributed by atoms with Crippen LogP contribution in [0.4, 0.5) is 0 Å². The maximum Gasteiger partial charge on any atom is 0.272 e. The molecule has 1 amide bonds. The van der Waals surface area contributed by atoms with Crippen LogP contribution in [0.1, 0.15) is 45.7 Å². The van der Waals surface area contributed by atoms with Crippen molar-refractivity contribution in [1.82, 2.24) is 19.7 Å². The van der Waals surface area contributed by atoms with Gasteiger partial charge in [-0.05, 0) is 67.0 Å². The maximum atomic E-state index is 12.8. The first-order valence-corrected chi connectivity index (χ1v) is 10.9. The highest BCUT2D eigenvalue weighted by Crippen LogP contribution is 2.23. The number of likely N-dealkylation sites (tertiary alicyclic amines) is 1. The molecule has 2 aromatic heterocycles. The minimum Gasteiger partial charge on any atom is -0.372 e. The summed E-state index contributed by atoms with van der Waals surface area (Å²) in [6, 6.07) is 14.6. The number of hydrogen-bond donors (Lipinski definition) is 0. The van der Waals surface area contributed by atoms with E-state index in [1.165, 1.54) is 11.1 Å². The number of piperidine rings is 1.